The molecule has 64 heavy (non-hydrogen) atoms. The second-order valence-corrected chi connectivity index (χ2v) is 18.2. The predicted molar refractivity (Wildman–Crippen MR) is 229 cm³/mol. The van der Waals surface area contributed by atoms with Gasteiger partial charge in [-0.25, -0.2) is 0 Å². The van der Waals surface area contributed by atoms with Crippen LogP contribution in [0.15, 0.2) is 60.7 Å². The zero-order chi connectivity index (χ0) is 45.9. The SMILES string of the molecule is CN(CCCNC(=O)C1CCNCC1)C(=O)CO[C@H]1Cc2ccccc2C12CCN(CC[C@@]1(c3ccc(Cl)c(Cl)c3)CN(C(=O)c3cc(C(F)(F)F)cc(C(F)(F)F)c3)CCO1)CC2. The number of hydrogen-bond donors (Lipinski definition) is 2. The number of rotatable bonds is 13. The van der Waals surface area contributed by atoms with Crippen LogP contribution in [0.4, 0.5) is 26.3 Å². The largest absolute Gasteiger partial charge is 0.416 e. The van der Waals surface area contributed by atoms with Crippen molar-refractivity contribution in [3.63, 3.8) is 0 Å². The topological polar surface area (TPSA) is 103 Å². The second-order valence-electron chi connectivity index (χ2n) is 17.4. The van der Waals surface area contributed by atoms with Gasteiger partial charge in [0, 0.05) is 50.1 Å². The maximum Gasteiger partial charge on any atom is 0.416 e. The summed E-state index contributed by atoms with van der Waals surface area (Å²) in [6.45, 7) is 4.04. The molecule has 2 atom stereocenters. The molecule has 3 aromatic carbocycles. The number of piperidine rings is 2. The highest BCUT2D eigenvalue weighted by atomic mass is 35.5. The number of morpholine rings is 1. The van der Waals surface area contributed by atoms with Crippen molar-refractivity contribution in [1.82, 2.24) is 25.3 Å². The standard InChI is InChI=1S/C46H53Cl2F6N5O5/c1-57(17-4-14-56-41(61)30-9-15-55-16-10-30)40(60)28-63-39-25-31-5-2-3-6-36(31)43(39)11-18-58(19-12-43)20-13-44(33-7-8-37(47)38(48)27-33)29-59(21-22-64-44)42(62)32-23-34(45(49,50)51)26-35(24-32)46(52,53)54/h2-3,5-8,23-24,26-27,30,39,55H,4,9-22,25,28-29H2,1H3,(H,56,61)/t39-,44-/m0/s1. The highest BCUT2D eigenvalue weighted by Crippen LogP contribution is 2.48. The van der Waals surface area contributed by atoms with Gasteiger partial charge >= 0.3 is 12.4 Å². The van der Waals surface area contributed by atoms with Crippen molar-refractivity contribution in [2.24, 2.45) is 5.92 Å². The van der Waals surface area contributed by atoms with E-state index in [1.807, 2.05) is 12.1 Å². The van der Waals surface area contributed by atoms with Crippen molar-refractivity contribution in [1.29, 1.82) is 0 Å². The van der Waals surface area contributed by atoms with Gasteiger partial charge in [-0.3, -0.25) is 14.4 Å². The molecule has 4 aliphatic rings. The molecule has 10 nitrogen and oxygen atoms in total. The zero-order valence-corrected chi connectivity index (χ0v) is 37.1. The minimum atomic E-state index is -5.12. The maximum absolute atomic E-state index is 13.9. The molecule has 0 saturated carbocycles. The lowest BCUT2D eigenvalue weighted by Gasteiger charge is -2.46. The fourth-order valence-corrected chi connectivity index (χ4v) is 10.0. The molecular weight excluding hydrogens is 887 g/mol. The van der Waals surface area contributed by atoms with Gasteiger partial charge in [-0.1, -0.05) is 53.5 Å². The first-order chi connectivity index (χ1) is 30.4. The summed E-state index contributed by atoms with van der Waals surface area (Å²) >= 11 is 12.7. The number of fused-ring (bicyclic) bond motifs is 2. The number of hydrogen-bond acceptors (Lipinski definition) is 7. The number of benzene rings is 3. The van der Waals surface area contributed by atoms with Gasteiger partial charge in [-0.15, -0.1) is 0 Å². The van der Waals surface area contributed by atoms with Crippen molar-refractivity contribution in [3.8, 4) is 0 Å². The van der Waals surface area contributed by atoms with Crippen molar-refractivity contribution in [2.45, 2.75) is 74.4 Å². The minimum absolute atomic E-state index is 0.000995. The lowest BCUT2D eigenvalue weighted by Crippen LogP contribution is -2.54. The Labute approximate surface area is 378 Å². The van der Waals surface area contributed by atoms with Gasteiger partial charge in [0.1, 0.15) is 12.2 Å². The normalized spacial score (nSPS) is 21.8. The lowest BCUT2D eigenvalue weighted by molar-refractivity contribution is -0.143. The Kier molecular flexibility index (Phi) is 14.9. The lowest BCUT2D eigenvalue weighted by atomic mass is 9.72. The molecule has 0 bridgehead atoms. The third-order valence-corrected chi connectivity index (χ3v) is 14.2. The van der Waals surface area contributed by atoms with E-state index in [1.54, 1.807) is 30.1 Å². The second kappa shape index (κ2) is 19.9. The van der Waals surface area contributed by atoms with E-state index in [2.05, 4.69) is 27.7 Å². The number of halogens is 8. The Morgan fingerprint density at radius 3 is 2.28 bits per heavy atom. The molecule has 0 radical (unpaired) electrons. The number of nitrogens with zero attached hydrogens (tertiary/aromatic N) is 3. The summed E-state index contributed by atoms with van der Waals surface area (Å²) in [6.07, 6.45) is -5.81. The number of carbonyl (C=O) groups excluding carboxylic acids is 3. The molecule has 1 aliphatic carbocycles. The van der Waals surface area contributed by atoms with Crippen LogP contribution in [0.1, 0.15) is 76.7 Å². The Bertz CT molecular complexity index is 2130. The van der Waals surface area contributed by atoms with Crippen molar-refractivity contribution < 1.29 is 50.2 Å². The number of ether oxygens (including phenoxy) is 2. The summed E-state index contributed by atoms with van der Waals surface area (Å²) in [5.74, 6) is -1.05. The van der Waals surface area contributed by atoms with Gasteiger partial charge in [0.25, 0.3) is 5.91 Å². The van der Waals surface area contributed by atoms with E-state index in [0.717, 1.165) is 38.8 Å². The zero-order valence-electron chi connectivity index (χ0n) is 35.6. The van der Waals surface area contributed by atoms with Crippen LogP contribution < -0.4 is 10.6 Å². The van der Waals surface area contributed by atoms with Gasteiger partial charge in [0.05, 0.1) is 40.4 Å². The van der Waals surface area contributed by atoms with Crippen LogP contribution in [0.3, 0.4) is 0 Å². The van der Waals surface area contributed by atoms with Crippen LogP contribution in [0, 0.1) is 5.92 Å². The van der Waals surface area contributed by atoms with Gasteiger partial charge in [-0.05, 0) is 118 Å². The summed E-state index contributed by atoms with van der Waals surface area (Å²) in [5, 5.41) is 6.75. The van der Waals surface area contributed by atoms with Gasteiger partial charge < -0.3 is 34.8 Å². The summed E-state index contributed by atoms with van der Waals surface area (Å²) in [6, 6.07) is 14.0. The number of carbonyl (C=O) groups is 3. The Hall–Kier alpha value is -3.93. The molecule has 348 valence electrons. The molecular formula is C46H53Cl2F6N5O5. The number of nitrogens with one attached hydrogen (secondary N) is 2. The molecule has 3 amide bonds. The molecule has 3 aliphatic heterocycles. The van der Waals surface area contributed by atoms with E-state index in [-0.39, 0.29) is 71.7 Å². The molecule has 1 spiro atoms. The highest BCUT2D eigenvalue weighted by molar-refractivity contribution is 6.42. The van der Waals surface area contributed by atoms with Crippen LogP contribution in [0.2, 0.25) is 10.0 Å². The van der Waals surface area contributed by atoms with Crippen LogP contribution >= 0.6 is 23.2 Å². The van der Waals surface area contributed by atoms with E-state index in [1.165, 1.54) is 16.0 Å². The Morgan fingerprint density at radius 1 is 0.922 bits per heavy atom. The first-order valence-electron chi connectivity index (χ1n) is 21.7. The molecule has 0 aromatic heterocycles. The third-order valence-electron chi connectivity index (χ3n) is 13.4. The quantitative estimate of drug-likeness (QED) is 0.134. The summed E-state index contributed by atoms with van der Waals surface area (Å²) < 4.78 is 95.5. The predicted octanol–water partition coefficient (Wildman–Crippen LogP) is 7.73. The third kappa shape index (κ3) is 10.8. The summed E-state index contributed by atoms with van der Waals surface area (Å²) in [4.78, 5) is 44.8. The molecule has 0 unspecified atom stereocenters. The molecule has 18 heteroatoms. The van der Waals surface area contributed by atoms with Gasteiger partial charge in [0.2, 0.25) is 11.8 Å². The average Bonchev–Trinajstić information content (AvgIpc) is 3.58. The van der Waals surface area contributed by atoms with Crippen molar-refractivity contribution in [3.05, 3.63) is 104 Å². The smallest absolute Gasteiger partial charge is 0.367 e. The van der Waals surface area contributed by atoms with Gasteiger partial charge in [0.15, 0.2) is 0 Å². The monoisotopic (exact) mass is 939 g/mol. The fraction of sp³-hybridized carbons (Fsp3) is 0.543. The number of likely N-dealkylation sites (tertiary alicyclic amines) is 1. The number of likely N-dealkylation sites (N-methyl/N-ethyl adjacent to an activating group) is 1. The van der Waals surface area contributed by atoms with E-state index in [0.29, 0.717) is 69.7 Å². The first-order valence-corrected chi connectivity index (χ1v) is 22.5. The molecule has 3 fully saturated rings. The van der Waals surface area contributed by atoms with Crippen molar-refractivity contribution in [2.75, 3.05) is 79.2 Å². The molecule has 3 aromatic rings. The van der Waals surface area contributed by atoms with Crippen LogP contribution in [-0.2, 0) is 48.9 Å². The van der Waals surface area contributed by atoms with E-state index < -0.39 is 40.6 Å². The maximum atomic E-state index is 13.9. The first kappa shape index (κ1) is 48.0. The van der Waals surface area contributed by atoms with Crippen molar-refractivity contribution >= 4 is 40.9 Å². The molecule has 3 saturated heterocycles. The van der Waals surface area contributed by atoms with Crippen LogP contribution in [-0.4, -0.2) is 118 Å². The summed E-state index contributed by atoms with van der Waals surface area (Å²) in [7, 11) is 1.74. The Morgan fingerprint density at radius 2 is 1.61 bits per heavy atom. The average molecular weight is 941 g/mol. The Balaban J connectivity index is 1.01. The number of alkyl halides is 6. The van der Waals surface area contributed by atoms with Crippen LogP contribution in [0.25, 0.3) is 0 Å². The van der Waals surface area contributed by atoms with E-state index in [9.17, 15) is 40.7 Å². The summed E-state index contributed by atoms with van der Waals surface area (Å²) in [5.41, 5.74) is -2.53. The van der Waals surface area contributed by atoms with E-state index >= 15 is 0 Å². The minimum Gasteiger partial charge on any atom is -0.367 e. The van der Waals surface area contributed by atoms with E-state index in [4.69, 9.17) is 32.7 Å². The van der Waals surface area contributed by atoms with Gasteiger partial charge in [-0.2, -0.15) is 26.3 Å². The molecule has 2 N–H and O–H groups in total. The molecule has 7 rings (SSSR count). The fourth-order valence-electron chi connectivity index (χ4n) is 9.71. The molecule has 3 heterocycles. The number of amides is 3. The van der Waals surface area contributed by atoms with Crippen LogP contribution in [0.5, 0.6) is 0 Å². The highest BCUT2D eigenvalue weighted by Gasteiger charge is 2.50.